The number of phenolic OH excluding ortho intramolecular Hbond substituents is 1. The van der Waals surface area contributed by atoms with Crippen molar-refractivity contribution in [1.82, 2.24) is 0 Å². The third kappa shape index (κ3) is 2.79. The van der Waals surface area contributed by atoms with Crippen LogP contribution in [0.25, 0.3) is 0 Å². The first kappa shape index (κ1) is 12.0. The molecule has 0 aliphatic rings. The van der Waals surface area contributed by atoms with Crippen LogP contribution in [-0.4, -0.2) is 61.4 Å². The van der Waals surface area contributed by atoms with Crippen molar-refractivity contribution in [3.63, 3.8) is 0 Å². The van der Waals surface area contributed by atoms with E-state index in [1.54, 1.807) is 0 Å². The SMILES string of the molecule is O=[N+]([O-])c1ccc(F)cc1O.[KH]. The fraction of sp³-hybridized carbons (Fsp3) is 0. The summed E-state index contributed by atoms with van der Waals surface area (Å²) in [6, 6.07) is 2.51. The number of aromatic hydroxyl groups is 1. The van der Waals surface area contributed by atoms with E-state index in [-0.39, 0.29) is 51.4 Å². The fourth-order valence-corrected chi connectivity index (χ4v) is 0.651. The van der Waals surface area contributed by atoms with E-state index in [4.69, 9.17) is 5.11 Å². The van der Waals surface area contributed by atoms with E-state index in [9.17, 15) is 14.5 Å². The molecule has 0 bridgehead atoms. The Labute approximate surface area is 110 Å². The average Bonchev–Trinajstić information content (AvgIpc) is 1.85. The van der Waals surface area contributed by atoms with Crippen LogP contribution in [0.3, 0.4) is 0 Å². The summed E-state index contributed by atoms with van der Waals surface area (Å²) in [7, 11) is 0. The number of hydrogen-bond donors (Lipinski definition) is 1. The van der Waals surface area contributed by atoms with Crippen LogP contribution in [0.2, 0.25) is 0 Å². The number of halogens is 1. The zero-order chi connectivity index (χ0) is 8.43. The Morgan fingerprint density at radius 2 is 2.08 bits per heavy atom. The molecule has 1 rings (SSSR count). The van der Waals surface area contributed by atoms with Gasteiger partial charge in [0.2, 0.25) is 0 Å². The van der Waals surface area contributed by atoms with Crippen molar-refractivity contribution in [2.75, 3.05) is 0 Å². The zero-order valence-electron chi connectivity index (χ0n) is 5.32. The summed E-state index contributed by atoms with van der Waals surface area (Å²) in [5.41, 5.74) is -0.494. The van der Waals surface area contributed by atoms with E-state index in [1.165, 1.54) is 0 Å². The summed E-state index contributed by atoms with van der Waals surface area (Å²) in [5, 5.41) is 18.8. The normalized spacial score (nSPS) is 8.75. The van der Waals surface area contributed by atoms with Crippen LogP contribution in [0.15, 0.2) is 18.2 Å². The molecule has 0 radical (unpaired) electrons. The van der Waals surface area contributed by atoms with Gasteiger partial charge in [0.1, 0.15) is 5.82 Å². The van der Waals surface area contributed by atoms with Crippen LogP contribution in [0.4, 0.5) is 10.1 Å². The minimum absolute atomic E-state index is 0. The van der Waals surface area contributed by atoms with Gasteiger partial charge in [-0.15, -0.1) is 0 Å². The number of nitro benzene ring substituents is 1. The summed E-state index contributed by atoms with van der Waals surface area (Å²) >= 11 is 0. The molecular formula is C6H5FKNO3. The molecule has 0 saturated carbocycles. The maximum atomic E-state index is 12.2. The van der Waals surface area contributed by atoms with E-state index in [1.807, 2.05) is 0 Å². The van der Waals surface area contributed by atoms with Crippen LogP contribution >= 0.6 is 0 Å². The second kappa shape index (κ2) is 4.88. The Morgan fingerprint density at radius 3 is 2.50 bits per heavy atom. The third-order valence-corrected chi connectivity index (χ3v) is 1.13. The van der Waals surface area contributed by atoms with Gasteiger partial charge in [-0.1, -0.05) is 0 Å². The van der Waals surface area contributed by atoms with Crippen molar-refractivity contribution >= 4 is 57.1 Å². The van der Waals surface area contributed by atoms with Gasteiger partial charge in [-0.3, -0.25) is 10.1 Å². The van der Waals surface area contributed by atoms with E-state index < -0.39 is 22.2 Å². The molecule has 0 aromatic heterocycles. The molecule has 1 aromatic rings. The molecular weight excluding hydrogens is 192 g/mol. The van der Waals surface area contributed by atoms with Gasteiger partial charge in [0, 0.05) is 12.1 Å². The number of rotatable bonds is 1. The van der Waals surface area contributed by atoms with Crippen LogP contribution in [0.1, 0.15) is 0 Å². The van der Waals surface area contributed by atoms with Gasteiger partial charge in [0.25, 0.3) is 0 Å². The summed E-state index contributed by atoms with van der Waals surface area (Å²) < 4.78 is 12.2. The van der Waals surface area contributed by atoms with Gasteiger partial charge in [-0.05, 0) is 6.07 Å². The Hall–Kier alpha value is -0.0136. The van der Waals surface area contributed by atoms with Crippen molar-refractivity contribution in [3.05, 3.63) is 34.1 Å². The Balaban J connectivity index is 0.00000121. The number of benzene rings is 1. The molecule has 1 aromatic carbocycles. The van der Waals surface area contributed by atoms with Gasteiger partial charge in [0.15, 0.2) is 5.75 Å². The Kier molecular flexibility index (Phi) is 4.87. The van der Waals surface area contributed by atoms with Crippen LogP contribution in [-0.2, 0) is 0 Å². The van der Waals surface area contributed by atoms with Gasteiger partial charge < -0.3 is 5.11 Å². The van der Waals surface area contributed by atoms with Gasteiger partial charge >= 0.3 is 57.1 Å². The second-order valence-electron chi connectivity index (χ2n) is 1.89. The van der Waals surface area contributed by atoms with Gasteiger partial charge in [-0.25, -0.2) is 4.39 Å². The topological polar surface area (TPSA) is 63.4 Å². The molecule has 12 heavy (non-hydrogen) atoms. The predicted octanol–water partition coefficient (Wildman–Crippen LogP) is 0.791. The summed E-state index contributed by atoms with van der Waals surface area (Å²) in [4.78, 5) is 9.27. The number of nitrogens with zero attached hydrogens (tertiary/aromatic N) is 1. The van der Waals surface area contributed by atoms with Crippen molar-refractivity contribution < 1.29 is 14.4 Å². The maximum absolute atomic E-state index is 12.2. The van der Waals surface area contributed by atoms with Crippen LogP contribution in [0.5, 0.6) is 5.75 Å². The Bertz CT molecular complexity index is 305. The third-order valence-electron chi connectivity index (χ3n) is 1.13. The molecule has 0 aliphatic heterocycles. The van der Waals surface area contributed by atoms with E-state index in [0.29, 0.717) is 6.07 Å². The van der Waals surface area contributed by atoms with Crippen molar-refractivity contribution in [1.29, 1.82) is 0 Å². The molecule has 0 atom stereocenters. The first-order valence-electron chi connectivity index (χ1n) is 2.74. The summed E-state index contributed by atoms with van der Waals surface area (Å²) in [6.45, 7) is 0. The summed E-state index contributed by atoms with van der Waals surface area (Å²) in [5.74, 6) is -1.36. The fourth-order valence-electron chi connectivity index (χ4n) is 0.651. The molecule has 1 N–H and O–H groups in total. The van der Waals surface area contributed by atoms with Gasteiger partial charge in [0.05, 0.1) is 4.92 Å². The molecule has 0 spiro atoms. The number of nitro groups is 1. The standard InChI is InChI=1S/C6H4FNO3.K.H/c7-4-1-2-5(8(10)11)6(9)3-4;;/h1-3,9H;;. The molecule has 0 heterocycles. The molecule has 6 heteroatoms. The van der Waals surface area contributed by atoms with E-state index in [0.717, 1.165) is 12.1 Å². The molecule has 4 nitrogen and oxygen atoms in total. The number of hydrogen-bond acceptors (Lipinski definition) is 3. The molecule has 0 aliphatic carbocycles. The van der Waals surface area contributed by atoms with Crippen LogP contribution in [0, 0.1) is 15.9 Å². The molecule has 0 amide bonds. The number of phenols is 1. The minimum atomic E-state index is -0.783. The van der Waals surface area contributed by atoms with Gasteiger partial charge in [-0.2, -0.15) is 0 Å². The van der Waals surface area contributed by atoms with E-state index in [2.05, 4.69) is 0 Å². The van der Waals surface area contributed by atoms with Crippen molar-refractivity contribution in [2.45, 2.75) is 0 Å². The van der Waals surface area contributed by atoms with Crippen LogP contribution < -0.4 is 0 Å². The quantitative estimate of drug-likeness (QED) is 0.411. The first-order chi connectivity index (χ1) is 5.11. The average molecular weight is 197 g/mol. The van der Waals surface area contributed by atoms with Crippen molar-refractivity contribution in [2.24, 2.45) is 0 Å². The van der Waals surface area contributed by atoms with Crippen molar-refractivity contribution in [3.8, 4) is 5.75 Å². The van der Waals surface area contributed by atoms with E-state index >= 15 is 0 Å². The Morgan fingerprint density at radius 1 is 1.50 bits per heavy atom. The monoisotopic (exact) mass is 197 g/mol. The predicted molar refractivity (Wildman–Crippen MR) is 41.9 cm³/mol. The summed E-state index contributed by atoms with van der Waals surface area (Å²) in [6.07, 6.45) is 0. The second-order valence-corrected chi connectivity index (χ2v) is 1.89. The molecule has 60 valence electrons. The first-order valence-corrected chi connectivity index (χ1v) is 2.74. The zero-order valence-corrected chi connectivity index (χ0v) is 5.32. The molecule has 0 fully saturated rings. The molecule has 0 unspecified atom stereocenters. The molecule has 0 saturated heterocycles.